The first kappa shape index (κ1) is 34.4. The monoisotopic (exact) mass is 216 g/mol. The summed E-state index contributed by atoms with van der Waals surface area (Å²) in [5.41, 5.74) is 0. The zero-order chi connectivity index (χ0) is 4.28. The Morgan fingerprint density at radius 2 is 1.33 bits per heavy atom. The van der Waals surface area contributed by atoms with E-state index in [9.17, 15) is 4.79 Å². The van der Waals surface area contributed by atoms with E-state index in [2.05, 4.69) is 6.58 Å². The third kappa shape index (κ3) is 60.5. The molecule has 0 aliphatic rings. The highest BCUT2D eigenvalue weighted by Crippen LogP contribution is 1.54. The van der Waals surface area contributed by atoms with E-state index >= 15 is 0 Å². The highest BCUT2D eigenvalue weighted by Gasteiger charge is 1.73. The van der Waals surface area contributed by atoms with E-state index in [4.69, 9.17) is 5.11 Å². The second-order valence-electron chi connectivity index (χ2n) is 0.542. The Bertz CT molecular complexity index is 64.8. The Labute approximate surface area is 78.3 Å². The zero-order valence-corrected chi connectivity index (χ0v) is 7.54. The number of carboxylic acids is 1. The van der Waals surface area contributed by atoms with Gasteiger partial charge >= 0.3 is 5.97 Å². The Morgan fingerprint density at radius 1 is 1.22 bits per heavy atom. The molecule has 0 aliphatic heterocycles. The van der Waals surface area contributed by atoms with Crippen molar-refractivity contribution in [2.45, 2.75) is 0 Å². The Kier molecular flexibility index (Phi) is 90.9. The van der Waals surface area contributed by atoms with Crippen molar-refractivity contribution in [1.82, 2.24) is 0 Å². The predicted octanol–water partition coefficient (Wildman–Crippen LogP) is 1.94. The van der Waals surface area contributed by atoms with Crippen molar-refractivity contribution < 1.29 is 9.90 Å². The van der Waals surface area contributed by atoms with Gasteiger partial charge in [0.15, 0.2) is 0 Å². The van der Waals surface area contributed by atoms with Crippen LogP contribution in [-0.2, 0) is 4.79 Å². The summed E-state index contributed by atoms with van der Waals surface area (Å²) in [6.45, 7) is 2.96. The molecule has 0 saturated heterocycles. The van der Waals surface area contributed by atoms with Crippen LogP contribution in [0.4, 0.5) is 0 Å². The van der Waals surface area contributed by atoms with Gasteiger partial charge in [-0.05, 0) is 0 Å². The summed E-state index contributed by atoms with van der Waals surface area (Å²) >= 11 is 0. The molecule has 0 rings (SSSR count). The lowest BCUT2D eigenvalue weighted by molar-refractivity contribution is -0.131. The molecule has 2 nitrogen and oxygen atoms in total. The fraction of sp³-hybridized carbons (Fsp3) is 0. The van der Waals surface area contributed by atoms with Crippen LogP contribution in [0.25, 0.3) is 0 Å². The zero-order valence-electron chi connectivity index (χ0n) is 4.27. The second-order valence-corrected chi connectivity index (χ2v) is 0.542. The molecule has 0 aromatic carbocycles. The van der Waals surface area contributed by atoms with Crippen LogP contribution in [0, 0.1) is 0 Å². The molecule has 0 aliphatic carbocycles. The summed E-state index contributed by atoms with van der Waals surface area (Å²) in [7, 11) is 0. The van der Waals surface area contributed by atoms with Crippen LogP contribution in [0.2, 0.25) is 0 Å². The summed E-state index contributed by atoms with van der Waals surface area (Å²) in [5.74, 6) is -0.981. The molecule has 0 unspecified atom stereocenters. The average molecular weight is 218 g/mol. The van der Waals surface area contributed by atoms with Crippen LogP contribution in [-0.4, -0.2) is 11.1 Å². The van der Waals surface area contributed by atoms with Crippen LogP contribution in [0.1, 0.15) is 0 Å². The van der Waals surface area contributed by atoms with Crippen molar-refractivity contribution >= 4 is 55.6 Å². The van der Waals surface area contributed by atoms with Crippen molar-refractivity contribution in [2.75, 3.05) is 0 Å². The molecule has 0 saturated carbocycles. The average Bonchev–Trinajstić information content (AvgIpc) is 1.38. The van der Waals surface area contributed by atoms with E-state index in [1.165, 1.54) is 0 Å². The Balaban J connectivity index is -0.0000000133. The van der Waals surface area contributed by atoms with Crippen molar-refractivity contribution in [3.63, 3.8) is 0 Å². The van der Waals surface area contributed by atoms with Gasteiger partial charge in [-0.2, -0.15) is 0 Å². The van der Waals surface area contributed by atoms with Gasteiger partial charge in [-0.3, -0.25) is 0 Å². The van der Waals surface area contributed by atoms with Gasteiger partial charge in [-0.1, -0.05) is 6.58 Å². The number of carbonyl (C=O) groups is 1. The quantitative estimate of drug-likeness (QED) is 0.682. The summed E-state index contributed by atoms with van der Waals surface area (Å²) in [6, 6.07) is 0. The summed E-state index contributed by atoms with van der Waals surface area (Å²) < 4.78 is 0. The minimum absolute atomic E-state index is 0. The number of aliphatic carboxylic acids is 1. The van der Waals surface area contributed by atoms with E-state index in [1.54, 1.807) is 0 Å². The molecule has 60 valence electrons. The van der Waals surface area contributed by atoms with Gasteiger partial charge in [0.05, 0.1) is 0 Å². The summed E-state index contributed by atoms with van der Waals surface area (Å²) in [6.07, 6.45) is 0.833. The molecule has 0 aromatic rings. The number of halogens is 4. The standard InChI is InChI=1S/C3H4O2.4ClH/c1-2-3(4)5;;;;/h2H,1H2,(H,4,5);4*1H. The molecule has 0 radical (unpaired) electrons. The lowest BCUT2D eigenvalue weighted by Crippen LogP contribution is -1.82. The van der Waals surface area contributed by atoms with Crippen molar-refractivity contribution in [3.05, 3.63) is 12.7 Å². The van der Waals surface area contributed by atoms with Gasteiger partial charge in [0.1, 0.15) is 0 Å². The third-order valence-corrected chi connectivity index (χ3v) is 0.175. The predicted molar refractivity (Wildman–Crippen MR) is 46.8 cm³/mol. The smallest absolute Gasteiger partial charge is 0.327 e. The van der Waals surface area contributed by atoms with E-state index in [0.717, 1.165) is 6.08 Å². The molecule has 9 heavy (non-hydrogen) atoms. The van der Waals surface area contributed by atoms with E-state index < -0.39 is 5.97 Å². The first-order valence-electron chi connectivity index (χ1n) is 1.12. The molecule has 0 spiro atoms. The van der Waals surface area contributed by atoms with Crippen molar-refractivity contribution in [3.8, 4) is 0 Å². The molecular weight excluding hydrogens is 210 g/mol. The maximum absolute atomic E-state index is 9.25. The highest BCUT2D eigenvalue weighted by molar-refractivity contribution is 5.86. The molecule has 0 atom stereocenters. The maximum Gasteiger partial charge on any atom is 0.327 e. The fourth-order valence-corrected chi connectivity index (χ4v) is 0. The molecule has 0 fully saturated rings. The Hall–Kier alpha value is 0.370. The van der Waals surface area contributed by atoms with Gasteiger partial charge in [0.2, 0.25) is 0 Å². The molecule has 0 amide bonds. The first-order valence-corrected chi connectivity index (χ1v) is 1.12. The topological polar surface area (TPSA) is 37.3 Å². The largest absolute Gasteiger partial charge is 0.478 e. The lowest BCUT2D eigenvalue weighted by atomic mass is 10.7. The Morgan fingerprint density at radius 3 is 1.33 bits per heavy atom. The number of rotatable bonds is 1. The number of hydrogen-bond acceptors (Lipinski definition) is 1. The first-order chi connectivity index (χ1) is 2.27. The van der Waals surface area contributed by atoms with Crippen LogP contribution >= 0.6 is 49.6 Å². The van der Waals surface area contributed by atoms with E-state index in [0.29, 0.717) is 0 Å². The minimum atomic E-state index is -0.981. The van der Waals surface area contributed by atoms with Crippen molar-refractivity contribution in [1.29, 1.82) is 0 Å². The molecule has 0 bridgehead atoms. The SMILES string of the molecule is C=CC(=O)O.Cl.Cl.Cl.Cl. The van der Waals surface area contributed by atoms with Gasteiger partial charge in [-0.25, -0.2) is 4.79 Å². The molecule has 0 heterocycles. The fourth-order valence-electron chi connectivity index (χ4n) is 0. The molecule has 6 heteroatoms. The van der Waals surface area contributed by atoms with Gasteiger partial charge in [-0.15, -0.1) is 49.6 Å². The minimum Gasteiger partial charge on any atom is -0.478 e. The summed E-state index contributed by atoms with van der Waals surface area (Å²) in [4.78, 5) is 9.25. The maximum atomic E-state index is 9.25. The van der Waals surface area contributed by atoms with Crippen LogP contribution in [0.15, 0.2) is 12.7 Å². The van der Waals surface area contributed by atoms with Crippen LogP contribution < -0.4 is 0 Å². The van der Waals surface area contributed by atoms with Gasteiger partial charge in [0, 0.05) is 6.08 Å². The normalized spacial score (nSPS) is 3.56. The van der Waals surface area contributed by atoms with E-state index in [1.807, 2.05) is 0 Å². The third-order valence-electron chi connectivity index (χ3n) is 0.175. The second kappa shape index (κ2) is 23.8. The van der Waals surface area contributed by atoms with Gasteiger partial charge in [0.25, 0.3) is 0 Å². The molecule has 1 N–H and O–H groups in total. The van der Waals surface area contributed by atoms with Crippen LogP contribution in [0.3, 0.4) is 0 Å². The van der Waals surface area contributed by atoms with E-state index in [-0.39, 0.29) is 49.6 Å². The molecular formula is C3H8Cl4O2. The lowest BCUT2D eigenvalue weighted by Gasteiger charge is -1.64. The number of hydrogen-bond donors (Lipinski definition) is 1. The van der Waals surface area contributed by atoms with Crippen molar-refractivity contribution in [2.24, 2.45) is 0 Å². The highest BCUT2D eigenvalue weighted by atomic mass is 35.5. The van der Waals surface area contributed by atoms with Gasteiger partial charge < -0.3 is 5.11 Å². The van der Waals surface area contributed by atoms with Crippen LogP contribution in [0.5, 0.6) is 0 Å². The molecule has 0 aromatic heterocycles. The summed E-state index contributed by atoms with van der Waals surface area (Å²) in [5, 5.41) is 7.60. The number of carboxylic acid groups (broad SMARTS) is 1.